The van der Waals surface area contributed by atoms with Gasteiger partial charge in [-0.05, 0) is 89.6 Å². The highest BCUT2D eigenvalue weighted by atomic mass is 79.9. The van der Waals surface area contributed by atoms with Crippen molar-refractivity contribution in [3.8, 4) is 11.5 Å². The molecule has 0 amide bonds. The van der Waals surface area contributed by atoms with Crippen molar-refractivity contribution in [2.75, 3.05) is 7.11 Å². The van der Waals surface area contributed by atoms with Crippen LogP contribution in [-0.2, 0) is 16.2 Å². The molecule has 0 unspecified atom stereocenters. The molecule has 2 aromatic carbocycles. The first-order valence-corrected chi connectivity index (χ1v) is 17.5. The lowest BCUT2D eigenvalue weighted by Crippen LogP contribution is -2.48. The number of hydrogen-bond acceptors (Lipinski definition) is 5. The van der Waals surface area contributed by atoms with Gasteiger partial charge in [-0.1, -0.05) is 76.3 Å². The molecule has 0 atom stereocenters. The minimum atomic E-state index is -0.416. The van der Waals surface area contributed by atoms with E-state index in [1.807, 2.05) is 6.07 Å². The van der Waals surface area contributed by atoms with E-state index in [1.165, 1.54) is 30.4 Å². The smallest absolute Gasteiger partial charge is 0.175 e. The van der Waals surface area contributed by atoms with Crippen molar-refractivity contribution in [1.29, 1.82) is 0 Å². The Hall–Kier alpha value is -2.86. The summed E-state index contributed by atoms with van der Waals surface area (Å²) in [5, 5.41) is 0. The average molecular weight is 675 g/mol. The third kappa shape index (κ3) is 6.28. The third-order valence-electron chi connectivity index (χ3n) is 10.1. The number of methoxy groups -OCH3 is 1. The molecule has 0 aromatic heterocycles. The first-order valence-electron chi connectivity index (χ1n) is 16.7. The van der Waals surface area contributed by atoms with Gasteiger partial charge in [-0.25, -0.2) is 0 Å². The van der Waals surface area contributed by atoms with Gasteiger partial charge in [-0.3, -0.25) is 9.59 Å². The summed E-state index contributed by atoms with van der Waals surface area (Å²) in [6, 6.07) is 10.8. The Labute approximate surface area is 277 Å². The Kier molecular flexibility index (Phi) is 8.60. The summed E-state index contributed by atoms with van der Waals surface area (Å²) < 4.78 is 13.1. The maximum absolute atomic E-state index is 14.3. The van der Waals surface area contributed by atoms with E-state index in [0.29, 0.717) is 37.0 Å². The molecule has 6 rings (SSSR count). The highest BCUT2D eigenvalue weighted by Crippen LogP contribution is 2.56. The zero-order chi connectivity index (χ0) is 32.3. The summed E-state index contributed by atoms with van der Waals surface area (Å²) in [5.74, 6) is 1.13. The van der Waals surface area contributed by atoms with Crippen molar-refractivity contribution < 1.29 is 19.1 Å². The van der Waals surface area contributed by atoms with Crippen LogP contribution in [0.1, 0.15) is 114 Å². The van der Waals surface area contributed by atoms with Crippen LogP contribution in [0.2, 0.25) is 0 Å². The quantitative estimate of drug-likeness (QED) is 0.306. The van der Waals surface area contributed by atoms with E-state index in [2.05, 4.69) is 86.6 Å². The van der Waals surface area contributed by atoms with E-state index < -0.39 is 5.92 Å². The van der Waals surface area contributed by atoms with Gasteiger partial charge in [-0.2, -0.15) is 0 Å². The molecule has 0 bridgehead atoms. The standard InChI is InChI=1S/C39H48BrNO4/c1-23-13-24(2)15-25(14-23)22-45-37-28(40)16-26(17-33(37)44-7)34-35-29(18-38(3,4)20-31(35)42)41(27-11-9-8-10-12-27)30-19-39(5,6)21-32(43)36(30)34/h13-17,27,34H,8-12,18-22H2,1-7H3. The van der Waals surface area contributed by atoms with Crippen molar-refractivity contribution in [1.82, 2.24) is 4.90 Å². The van der Waals surface area contributed by atoms with Gasteiger partial charge in [0.05, 0.1) is 11.6 Å². The first-order chi connectivity index (χ1) is 21.3. The summed E-state index contributed by atoms with van der Waals surface area (Å²) in [4.78, 5) is 31.1. The number of halogens is 1. The molecule has 0 N–H and O–H groups in total. The van der Waals surface area contributed by atoms with Crippen LogP contribution in [0.25, 0.3) is 0 Å². The maximum Gasteiger partial charge on any atom is 0.175 e. The fourth-order valence-electron chi connectivity index (χ4n) is 8.46. The molecular weight excluding hydrogens is 626 g/mol. The summed E-state index contributed by atoms with van der Waals surface area (Å²) in [6.45, 7) is 13.4. The molecule has 6 heteroatoms. The molecule has 1 saturated carbocycles. The van der Waals surface area contributed by atoms with E-state index in [-0.39, 0.29) is 22.4 Å². The number of allylic oxidation sites excluding steroid dienone is 4. The number of carbonyl (C=O) groups excluding carboxylic acids is 2. The van der Waals surface area contributed by atoms with Crippen molar-refractivity contribution in [3.63, 3.8) is 0 Å². The van der Waals surface area contributed by atoms with Gasteiger partial charge in [0.25, 0.3) is 0 Å². The predicted octanol–water partition coefficient (Wildman–Crippen LogP) is 9.67. The highest BCUT2D eigenvalue weighted by molar-refractivity contribution is 9.10. The largest absolute Gasteiger partial charge is 0.493 e. The molecule has 1 aliphatic heterocycles. The van der Waals surface area contributed by atoms with Crippen LogP contribution < -0.4 is 9.47 Å². The summed E-state index contributed by atoms with van der Waals surface area (Å²) in [5.41, 5.74) is 8.08. The van der Waals surface area contributed by atoms with Crippen LogP contribution in [0.4, 0.5) is 0 Å². The first kappa shape index (κ1) is 32.1. The normalized spacial score (nSPS) is 22.0. The second kappa shape index (κ2) is 12.1. The molecule has 2 aromatic rings. The van der Waals surface area contributed by atoms with E-state index in [9.17, 15) is 9.59 Å². The number of Topliss-reactive ketones (excluding diaryl/α,β-unsaturated/α-hetero) is 2. The van der Waals surface area contributed by atoms with Crippen molar-refractivity contribution in [2.45, 2.75) is 118 Å². The van der Waals surface area contributed by atoms with Crippen molar-refractivity contribution in [2.24, 2.45) is 10.8 Å². The number of rotatable bonds is 6. The van der Waals surface area contributed by atoms with E-state index >= 15 is 0 Å². The number of ether oxygens (including phenoxy) is 2. The molecule has 4 aliphatic rings. The van der Waals surface area contributed by atoms with Crippen LogP contribution >= 0.6 is 15.9 Å². The van der Waals surface area contributed by atoms with Gasteiger partial charge < -0.3 is 14.4 Å². The SMILES string of the molecule is COc1cc(C2C3=C(CC(C)(C)CC3=O)N(C3CCCCC3)C3=C2C(=O)CC(C)(C)C3)cc(Br)c1OCc1cc(C)cc(C)c1. The molecule has 240 valence electrons. The van der Waals surface area contributed by atoms with Crippen molar-refractivity contribution in [3.05, 3.63) is 79.6 Å². The zero-order valence-electron chi connectivity index (χ0n) is 28.1. The molecule has 0 saturated heterocycles. The van der Waals surface area contributed by atoms with E-state index in [0.717, 1.165) is 63.8 Å². The fourth-order valence-corrected chi connectivity index (χ4v) is 9.04. The summed E-state index contributed by atoms with van der Waals surface area (Å²) in [7, 11) is 1.65. The van der Waals surface area contributed by atoms with Gasteiger partial charge in [0.1, 0.15) is 6.61 Å². The van der Waals surface area contributed by atoms with Gasteiger partial charge in [0.15, 0.2) is 23.1 Å². The number of aryl methyl sites for hydroxylation is 2. The molecule has 1 fully saturated rings. The number of hydrogen-bond donors (Lipinski definition) is 0. The van der Waals surface area contributed by atoms with Crippen LogP contribution in [0, 0.1) is 24.7 Å². The summed E-state index contributed by atoms with van der Waals surface area (Å²) in [6.07, 6.45) is 8.49. The Morgan fingerprint density at radius 3 is 1.89 bits per heavy atom. The molecule has 3 aliphatic carbocycles. The van der Waals surface area contributed by atoms with E-state index in [4.69, 9.17) is 9.47 Å². The summed E-state index contributed by atoms with van der Waals surface area (Å²) >= 11 is 3.81. The number of benzene rings is 2. The van der Waals surface area contributed by atoms with Crippen LogP contribution in [0.3, 0.4) is 0 Å². The number of carbonyl (C=O) groups is 2. The Balaban J connectivity index is 1.49. The lowest BCUT2D eigenvalue weighted by atomic mass is 9.63. The van der Waals surface area contributed by atoms with Crippen molar-refractivity contribution >= 4 is 27.5 Å². The maximum atomic E-state index is 14.3. The van der Waals surface area contributed by atoms with Gasteiger partial charge in [0.2, 0.25) is 0 Å². The zero-order valence-corrected chi connectivity index (χ0v) is 29.7. The predicted molar refractivity (Wildman–Crippen MR) is 182 cm³/mol. The monoisotopic (exact) mass is 673 g/mol. The fraction of sp³-hybridized carbons (Fsp3) is 0.538. The van der Waals surface area contributed by atoms with Gasteiger partial charge >= 0.3 is 0 Å². The molecule has 45 heavy (non-hydrogen) atoms. The third-order valence-corrected chi connectivity index (χ3v) is 10.7. The van der Waals surface area contributed by atoms with Gasteiger partial charge in [0, 0.05) is 47.3 Å². The molecule has 1 heterocycles. The Bertz CT molecular complexity index is 1530. The lowest BCUT2D eigenvalue weighted by molar-refractivity contribution is -0.119. The van der Waals surface area contributed by atoms with E-state index in [1.54, 1.807) is 7.11 Å². The highest BCUT2D eigenvalue weighted by Gasteiger charge is 2.50. The molecule has 5 nitrogen and oxygen atoms in total. The molecule has 0 spiro atoms. The van der Waals surface area contributed by atoms with Gasteiger partial charge in [-0.15, -0.1) is 0 Å². The van der Waals surface area contributed by atoms with Crippen LogP contribution in [0.5, 0.6) is 11.5 Å². The molecule has 0 radical (unpaired) electrons. The Morgan fingerprint density at radius 2 is 1.36 bits per heavy atom. The molecular formula is C39H48BrNO4. The van der Waals surface area contributed by atoms with Crippen LogP contribution in [-0.4, -0.2) is 29.6 Å². The topological polar surface area (TPSA) is 55.8 Å². The van der Waals surface area contributed by atoms with Crippen LogP contribution in [0.15, 0.2) is 57.3 Å². The minimum Gasteiger partial charge on any atom is -0.493 e. The lowest BCUT2D eigenvalue weighted by Gasteiger charge is -2.52. The minimum absolute atomic E-state index is 0.135. The second-order valence-corrected chi connectivity index (χ2v) is 16.4. The Morgan fingerprint density at radius 1 is 0.800 bits per heavy atom. The number of ketones is 2. The average Bonchev–Trinajstić information content (AvgIpc) is 2.93. The second-order valence-electron chi connectivity index (χ2n) is 15.5. The number of nitrogens with zero attached hydrogens (tertiary/aromatic N) is 1.